The predicted molar refractivity (Wildman–Crippen MR) is 55.9 cm³/mol. The van der Waals surface area contributed by atoms with Crippen molar-refractivity contribution in [2.24, 2.45) is 0 Å². The molecular weight excluding hydrogens is 160 g/mol. The minimum atomic E-state index is 0.358. The summed E-state index contributed by atoms with van der Waals surface area (Å²) in [5.41, 5.74) is 1.20. The molecule has 0 aliphatic carbocycles. The molecule has 0 spiro atoms. The molecule has 1 rings (SSSR count). The van der Waals surface area contributed by atoms with E-state index in [9.17, 15) is 5.11 Å². The highest BCUT2D eigenvalue weighted by Gasteiger charge is 1.91. The fraction of sp³-hybridized carbons (Fsp3) is 0.333. The summed E-state index contributed by atoms with van der Waals surface area (Å²) in [7, 11) is 0. The van der Waals surface area contributed by atoms with Crippen LogP contribution < -0.4 is 0 Å². The van der Waals surface area contributed by atoms with Gasteiger partial charge in [0, 0.05) is 0 Å². The van der Waals surface area contributed by atoms with E-state index in [4.69, 9.17) is 0 Å². The van der Waals surface area contributed by atoms with Crippen LogP contribution in [0.3, 0.4) is 0 Å². The fourth-order valence-electron chi connectivity index (χ4n) is 1.25. The zero-order valence-corrected chi connectivity index (χ0v) is 8.03. The van der Waals surface area contributed by atoms with Crippen LogP contribution in [0.4, 0.5) is 0 Å². The molecule has 0 atom stereocenters. The van der Waals surface area contributed by atoms with Crippen molar-refractivity contribution in [2.75, 3.05) is 0 Å². The Hall–Kier alpha value is -1.24. The summed E-state index contributed by atoms with van der Waals surface area (Å²) >= 11 is 0. The molecule has 1 aromatic carbocycles. The van der Waals surface area contributed by atoms with Crippen LogP contribution in [0.5, 0.6) is 5.75 Å². The summed E-state index contributed by atoms with van der Waals surface area (Å²) in [5, 5.41) is 9.20. The van der Waals surface area contributed by atoms with Crippen molar-refractivity contribution in [2.45, 2.75) is 26.2 Å². The Morgan fingerprint density at radius 3 is 2.85 bits per heavy atom. The van der Waals surface area contributed by atoms with Gasteiger partial charge in [-0.15, -0.1) is 0 Å². The van der Waals surface area contributed by atoms with Gasteiger partial charge in [-0.1, -0.05) is 31.2 Å². The van der Waals surface area contributed by atoms with Crippen molar-refractivity contribution >= 4 is 0 Å². The van der Waals surface area contributed by atoms with E-state index in [1.807, 2.05) is 18.2 Å². The lowest BCUT2D eigenvalue weighted by atomic mass is 10.1. The summed E-state index contributed by atoms with van der Waals surface area (Å²) < 4.78 is 0. The van der Waals surface area contributed by atoms with E-state index >= 15 is 0 Å². The van der Waals surface area contributed by atoms with E-state index < -0.39 is 0 Å². The topological polar surface area (TPSA) is 20.2 Å². The first-order chi connectivity index (χ1) is 6.33. The van der Waals surface area contributed by atoms with Crippen LogP contribution in [-0.2, 0) is 6.42 Å². The zero-order chi connectivity index (χ0) is 9.52. The predicted octanol–water partition coefficient (Wildman–Crippen LogP) is 3.29. The molecule has 1 heteroatoms. The molecule has 0 saturated heterocycles. The van der Waals surface area contributed by atoms with Gasteiger partial charge in [0.15, 0.2) is 0 Å². The van der Waals surface area contributed by atoms with Crippen LogP contribution in [0.25, 0.3) is 0 Å². The molecule has 0 aliphatic rings. The maximum Gasteiger partial charge on any atom is 0.115 e. The molecule has 0 radical (unpaired) electrons. The lowest BCUT2D eigenvalue weighted by Crippen LogP contribution is -1.81. The van der Waals surface area contributed by atoms with Gasteiger partial charge >= 0.3 is 0 Å². The Morgan fingerprint density at radius 1 is 1.31 bits per heavy atom. The zero-order valence-electron chi connectivity index (χ0n) is 8.03. The van der Waals surface area contributed by atoms with E-state index in [0.717, 1.165) is 19.3 Å². The maximum atomic E-state index is 9.20. The molecule has 0 saturated carbocycles. The lowest BCUT2D eigenvalue weighted by Gasteiger charge is -1.98. The van der Waals surface area contributed by atoms with Crippen molar-refractivity contribution in [3.63, 3.8) is 0 Å². The van der Waals surface area contributed by atoms with Gasteiger partial charge in [0.05, 0.1) is 0 Å². The number of benzene rings is 1. The molecule has 0 heterocycles. The van der Waals surface area contributed by atoms with E-state index in [0.29, 0.717) is 5.75 Å². The number of hydrogen-bond donors (Lipinski definition) is 1. The number of hydrogen-bond acceptors (Lipinski definition) is 1. The van der Waals surface area contributed by atoms with Gasteiger partial charge in [-0.25, -0.2) is 0 Å². The van der Waals surface area contributed by atoms with E-state index in [1.54, 1.807) is 6.07 Å². The van der Waals surface area contributed by atoms with Gasteiger partial charge in [-0.05, 0) is 37.0 Å². The molecule has 1 N–H and O–H groups in total. The molecule has 1 nitrogen and oxygen atoms in total. The summed E-state index contributed by atoms with van der Waals surface area (Å²) in [6.45, 7) is 2.13. The Bertz CT molecular complexity index is 276. The van der Waals surface area contributed by atoms with Crippen LogP contribution in [-0.4, -0.2) is 5.11 Å². The maximum absolute atomic E-state index is 9.20. The van der Waals surface area contributed by atoms with Gasteiger partial charge in [0.2, 0.25) is 0 Å². The first-order valence-electron chi connectivity index (χ1n) is 4.76. The Kier molecular flexibility index (Phi) is 4.10. The van der Waals surface area contributed by atoms with Gasteiger partial charge in [0.25, 0.3) is 0 Å². The van der Waals surface area contributed by atoms with Gasteiger partial charge < -0.3 is 5.11 Å². The molecule has 0 aromatic heterocycles. The first-order valence-corrected chi connectivity index (χ1v) is 4.76. The number of rotatable bonds is 4. The van der Waals surface area contributed by atoms with Gasteiger partial charge in [-0.2, -0.15) is 0 Å². The van der Waals surface area contributed by atoms with Crippen LogP contribution >= 0.6 is 0 Å². The third-order valence-electron chi connectivity index (χ3n) is 1.91. The number of allylic oxidation sites excluding steroid dienone is 2. The lowest BCUT2D eigenvalue weighted by molar-refractivity contribution is 0.474. The standard InChI is InChI=1S/C12H16O/c1-2-3-4-5-7-11-8-6-9-12(13)10-11/h3-4,6,8-10,13H,2,5,7H2,1H3/b4-3+. The molecule has 0 fully saturated rings. The third kappa shape index (κ3) is 3.79. The second kappa shape index (κ2) is 5.41. The molecule has 0 bridgehead atoms. The minimum absolute atomic E-state index is 0.358. The number of phenols is 1. The van der Waals surface area contributed by atoms with E-state index in [2.05, 4.69) is 19.1 Å². The molecule has 13 heavy (non-hydrogen) atoms. The monoisotopic (exact) mass is 176 g/mol. The molecule has 1 aromatic rings. The summed E-state index contributed by atoms with van der Waals surface area (Å²) in [5.74, 6) is 0.358. The number of aromatic hydroxyl groups is 1. The van der Waals surface area contributed by atoms with Crippen LogP contribution in [0.15, 0.2) is 36.4 Å². The van der Waals surface area contributed by atoms with Crippen molar-refractivity contribution in [3.8, 4) is 5.75 Å². The average Bonchev–Trinajstić information content (AvgIpc) is 2.13. The molecule has 0 aliphatic heterocycles. The van der Waals surface area contributed by atoms with E-state index in [1.165, 1.54) is 5.56 Å². The Morgan fingerprint density at radius 2 is 2.15 bits per heavy atom. The van der Waals surface area contributed by atoms with Crippen molar-refractivity contribution < 1.29 is 5.11 Å². The summed E-state index contributed by atoms with van der Waals surface area (Å²) in [4.78, 5) is 0. The Balaban J connectivity index is 2.41. The highest BCUT2D eigenvalue weighted by Crippen LogP contribution is 2.12. The molecule has 70 valence electrons. The quantitative estimate of drug-likeness (QED) is 0.698. The second-order valence-electron chi connectivity index (χ2n) is 3.09. The molecule has 0 amide bonds. The van der Waals surface area contributed by atoms with Gasteiger partial charge in [-0.3, -0.25) is 0 Å². The average molecular weight is 176 g/mol. The summed E-state index contributed by atoms with van der Waals surface area (Å²) in [6, 6.07) is 7.44. The molecular formula is C12H16O. The van der Waals surface area contributed by atoms with Crippen molar-refractivity contribution in [3.05, 3.63) is 42.0 Å². The second-order valence-corrected chi connectivity index (χ2v) is 3.09. The smallest absolute Gasteiger partial charge is 0.115 e. The van der Waals surface area contributed by atoms with Crippen LogP contribution in [0, 0.1) is 0 Å². The molecule has 0 unspecified atom stereocenters. The Labute approximate surface area is 79.7 Å². The number of phenolic OH excluding ortho intramolecular Hbond substituents is 1. The SMILES string of the molecule is CC/C=C/CCc1cccc(O)c1. The minimum Gasteiger partial charge on any atom is -0.508 e. The fourth-order valence-corrected chi connectivity index (χ4v) is 1.25. The highest BCUT2D eigenvalue weighted by atomic mass is 16.3. The van der Waals surface area contributed by atoms with Crippen molar-refractivity contribution in [1.29, 1.82) is 0 Å². The number of aryl methyl sites for hydroxylation is 1. The first kappa shape index (κ1) is 9.85. The van der Waals surface area contributed by atoms with E-state index in [-0.39, 0.29) is 0 Å². The van der Waals surface area contributed by atoms with Crippen LogP contribution in [0.1, 0.15) is 25.3 Å². The highest BCUT2D eigenvalue weighted by molar-refractivity contribution is 5.27. The van der Waals surface area contributed by atoms with Crippen molar-refractivity contribution in [1.82, 2.24) is 0 Å². The normalized spacial score (nSPS) is 10.8. The third-order valence-corrected chi connectivity index (χ3v) is 1.91. The van der Waals surface area contributed by atoms with Crippen LogP contribution in [0.2, 0.25) is 0 Å². The summed E-state index contributed by atoms with van der Waals surface area (Å²) in [6.07, 6.45) is 7.51. The van der Waals surface area contributed by atoms with Gasteiger partial charge in [0.1, 0.15) is 5.75 Å². The largest absolute Gasteiger partial charge is 0.508 e.